The number of nitrogen functional groups attached to an aromatic ring is 1. The molecule has 5 rings (SSSR count). The van der Waals surface area contributed by atoms with Gasteiger partial charge in [0.05, 0.1) is 18.4 Å². The van der Waals surface area contributed by atoms with Gasteiger partial charge >= 0.3 is 12.2 Å². The van der Waals surface area contributed by atoms with Gasteiger partial charge in [-0.05, 0) is 57.5 Å². The molecule has 43 heavy (non-hydrogen) atoms. The predicted molar refractivity (Wildman–Crippen MR) is 164 cm³/mol. The molecule has 2 aliphatic heterocycles. The molecule has 2 fully saturated rings. The van der Waals surface area contributed by atoms with Gasteiger partial charge in [-0.3, -0.25) is 0 Å². The fourth-order valence-corrected chi connectivity index (χ4v) is 5.13. The van der Waals surface area contributed by atoms with Gasteiger partial charge in [-0.15, -0.1) is 5.10 Å². The molecule has 2 aliphatic rings. The van der Waals surface area contributed by atoms with Gasteiger partial charge < -0.3 is 40.1 Å². The number of carbonyl (C=O) groups is 2. The van der Waals surface area contributed by atoms with Crippen LogP contribution in [0.15, 0.2) is 42.6 Å². The molecule has 3 aromatic rings. The third-order valence-electron chi connectivity index (χ3n) is 7.31. The van der Waals surface area contributed by atoms with E-state index in [0.717, 1.165) is 48.9 Å². The van der Waals surface area contributed by atoms with Crippen molar-refractivity contribution >= 4 is 41.3 Å². The number of benzene rings is 1. The average Bonchev–Trinajstić information content (AvgIpc) is 3.20. The van der Waals surface area contributed by atoms with Crippen LogP contribution in [0, 0.1) is 0 Å². The van der Waals surface area contributed by atoms with Crippen molar-refractivity contribution in [3.8, 4) is 5.69 Å². The van der Waals surface area contributed by atoms with Crippen LogP contribution >= 0.6 is 0 Å². The van der Waals surface area contributed by atoms with Crippen molar-refractivity contribution in [2.45, 2.75) is 33.3 Å². The van der Waals surface area contributed by atoms with Gasteiger partial charge in [0.25, 0.3) is 0 Å². The molecule has 0 atom stereocenters. The number of pyridine rings is 1. The van der Waals surface area contributed by atoms with E-state index in [2.05, 4.69) is 30.2 Å². The van der Waals surface area contributed by atoms with Crippen LogP contribution in [-0.2, 0) is 9.47 Å². The number of nitrogens with zero attached hydrogens (tertiary/aromatic N) is 8. The topological polar surface area (TPSA) is 147 Å². The molecule has 0 spiro atoms. The molecule has 2 amide bonds. The van der Waals surface area contributed by atoms with Gasteiger partial charge in [-0.2, -0.15) is 9.67 Å². The van der Waals surface area contributed by atoms with Crippen LogP contribution in [0.25, 0.3) is 5.69 Å². The molecule has 230 valence electrons. The van der Waals surface area contributed by atoms with Crippen LogP contribution in [0.4, 0.5) is 38.7 Å². The van der Waals surface area contributed by atoms with E-state index in [4.69, 9.17) is 15.2 Å². The number of piperazine rings is 1. The number of nitrogens with two attached hydrogens (primary N) is 1. The lowest BCUT2D eigenvalue weighted by Crippen LogP contribution is -2.49. The number of amides is 2. The lowest BCUT2D eigenvalue weighted by molar-refractivity contribution is 0.0751. The summed E-state index contributed by atoms with van der Waals surface area (Å²) >= 11 is 0. The SMILES string of the molecule is CCOC(=O)N1CCCN(c2cc(-n3nc(Nc4ccc(N5CCN(C(=O)OC(C)C)CC5)cc4)nc3N)ccn2)CC1. The van der Waals surface area contributed by atoms with Gasteiger partial charge in [0, 0.05) is 76.0 Å². The highest BCUT2D eigenvalue weighted by Crippen LogP contribution is 2.24. The van der Waals surface area contributed by atoms with E-state index in [0.29, 0.717) is 45.3 Å². The number of rotatable bonds is 7. The van der Waals surface area contributed by atoms with Gasteiger partial charge in [-0.1, -0.05) is 0 Å². The molecule has 0 radical (unpaired) electrons. The molecule has 0 unspecified atom stereocenters. The molecule has 14 nitrogen and oxygen atoms in total. The van der Waals surface area contributed by atoms with Crippen LogP contribution in [0.1, 0.15) is 27.2 Å². The Balaban J connectivity index is 1.19. The Bertz CT molecular complexity index is 1390. The molecular formula is C29H40N10O4. The number of anilines is 5. The summed E-state index contributed by atoms with van der Waals surface area (Å²) in [6, 6.07) is 11.8. The zero-order valence-corrected chi connectivity index (χ0v) is 25.0. The highest BCUT2D eigenvalue weighted by atomic mass is 16.6. The Morgan fingerprint density at radius 2 is 1.60 bits per heavy atom. The summed E-state index contributed by atoms with van der Waals surface area (Å²) in [6.45, 7) is 11.2. The second-order valence-corrected chi connectivity index (χ2v) is 10.7. The second-order valence-electron chi connectivity index (χ2n) is 10.7. The first-order chi connectivity index (χ1) is 20.8. The summed E-state index contributed by atoms with van der Waals surface area (Å²) in [5, 5.41) is 7.82. The highest BCUT2D eigenvalue weighted by Gasteiger charge is 2.24. The molecule has 0 aliphatic carbocycles. The highest BCUT2D eigenvalue weighted by molar-refractivity contribution is 5.69. The van der Waals surface area contributed by atoms with Crippen molar-refractivity contribution in [1.29, 1.82) is 0 Å². The van der Waals surface area contributed by atoms with Crippen molar-refractivity contribution in [2.75, 3.05) is 79.8 Å². The Morgan fingerprint density at radius 3 is 2.30 bits per heavy atom. The summed E-state index contributed by atoms with van der Waals surface area (Å²) in [5.41, 5.74) is 8.89. The van der Waals surface area contributed by atoms with E-state index >= 15 is 0 Å². The summed E-state index contributed by atoms with van der Waals surface area (Å²) in [5.74, 6) is 1.40. The van der Waals surface area contributed by atoms with E-state index in [-0.39, 0.29) is 24.2 Å². The average molecular weight is 593 g/mol. The molecule has 0 saturated carbocycles. The Hall–Kier alpha value is -4.75. The number of nitrogens with one attached hydrogen (secondary N) is 1. The summed E-state index contributed by atoms with van der Waals surface area (Å²) in [4.78, 5) is 41.2. The first-order valence-electron chi connectivity index (χ1n) is 14.7. The number of carbonyl (C=O) groups excluding carboxylic acids is 2. The third kappa shape index (κ3) is 7.37. The van der Waals surface area contributed by atoms with Gasteiger partial charge in [0.1, 0.15) is 5.82 Å². The van der Waals surface area contributed by atoms with Gasteiger partial charge in [0.2, 0.25) is 11.9 Å². The van der Waals surface area contributed by atoms with Crippen molar-refractivity contribution in [3.05, 3.63) is 42.6 Å². The maximum atomic E-state index is 12.2. The third-order valence-corrected chi connectivity index (χ3v) is 7.31. The van der Waals surface area contributed by atoms with E-state index in [9.17, 15) is 9.59 Å². The maximum Gasteiger partial charge on any atom is 0.410 e. The Kier molecular flexibility index (Phi) is 9.32. The number of aromatic nitrogens is 4. The quantitative estimate of drug-likeness (QED) is 0.416. The molecule has 0 bridgehead atoms. The van der Waals surface area contributed by atoms with Crippen LogP contribution in [0.3, 0.4) is 0 Å². The van der Waals surface area contributed by atoms with Crippen molar-refractivity contribution < 1.29 is 19.1 Å². The fourth-order valence-electron chi connectivity index (χ4n) is 5.13. The minimum absolute atomic E-state index is 0.125. The van der Waals surface area contributed by atoms with Crippen LogP contribution in [0.5, 0.6) is 0 Å². The van der Waals surface area contributed by atoms with E-state index < -0.39 is 0 Å². The first-order valence-corrected chi connectivity index (χ1v) is 14.7. The van der Waals surface area contributed by atoms with E-state index in [1.54, 1.807) is 20.7 Å². The normalized spacial score (nSPS) is 15.8. The van der Waals surface area contributed by atoms with Crippen molar-refractivity contribution in [3.63, 3.8) is 0 Å². The van der Waals surface area contributed by atoms with Gasteiger partial charge in [-0.25, -0.2) is 14.6 Å². The maximum absolute atomic E-state index is 12.2. The van der Waals surface area contributed by atoms with E-state index in [1.807, 2.05) is 57.2 Å². The van der Waals surface area contributed by atoms with E-state index in [1.165, 1.54) is 0 Å². The van der Waals surface area contributed by atoms with Crippen LogP contribution in [0.2, 0.25) is 0 Å². The second kappa shape index (κ2) is 13.5. The number of ether oxygens (including phenoxy) is 2. The standard InChI is InChI=1S/C29H40N10O4/c1-4-42-28(40)37-13-5-12-36(16-19-37)25-20-24(10-11-31-25)39-26(30)33-27(34-39)32-22-6-8-23(9-7-22)35-14-17-38(18-15-35)29(41)43-21(2)3/h6-11,20-21H,4-5,12-19H2,1-3H3,(H3,30,32,33,34). The lowest BCUT2D eigenvalue weighted by Gasteiger charge is -2.35. The number of hydrogen-bond donors (Lipinski definition) is 2. The fraction of sp³-hybridized carbons (Fsp3) is 0.483. The zero-order chi connectivity index (χ0) is 30.3. The predicted octanol–water partition coefficient (Wildman–Crippen LogP) is 3.32. The Labute approximate surface area is 251 Å². The molecule has 14 heteroatoms. The molecule has 1 aromatic carbocycles. The smallest absolute Gasteiger partial charge is 0.410 e. The molecular weight excluding hydrogens is 552 g/mol. The zero-order valence-electron chi connectivity index (χ0n) is 25.0. The summed E-state index contributed by atoms with van der Waals surface area (Å²) in [6.07, 6.45) is 1.87. The van der Waals surface area contributed by atoms with Crippen molar-refractivity contribution in [1.82, 2.24) is 29.5 Å². The monoisotopic (exact) mass is 592 g/mol. The van der Waals surface area contributed by atoms with Crippen LogP contribution in [-0.4, -0.2) is 107 Å². The lowest BCUT2D eigenvalue weighted by atomic mass is 10.2. The molecule has 4 heterocycles. The number of hydrogen-bond acceptors (Lipinski definition) is 11. The summed E-state index contributed by atoms with van der Waals surface area (Å²) in [7, 11) is 0. The van der Waals surface area contributed by atoms with Gasteiger partial charge in [0.15, 0.2) is 0 Å². The summed E-state index contributed by atoms with van der Waals surface area (Å²) < 4.78 is 12.1. The minimum atomic E-state index is -0.278. The minimum Gasteiger partial charge on any atom is -0.450 e. The molecule has 2 saturated heterocycles. The largest absolute Gasteiger partial charge is 0.450 e. The molecule has 2 aromatic heterocycles. The first kappa shape index (κ1) is 29.7. The van der Waals surface area contributed by atoms with Crippen molar-refractivity contribution in [2.24, 2.45) is 0 Å². The Morgan fingerprint density at radius 1 is 0.907 bits per heavy atom. The molecule has 3 N–H and O–H groups in total. The van der Waals surface area contributed by atoms with Crippen LogP contribution < -0.4 is 20.9 Å².